The molecule has 0 aliphatic carbocycles. The molecule has 5 nitrogen and oxygen atoms in total. The third-order valence-electron chi connectivity index (χ3n) is 7.27. The number of rotatable bonds is 7. The zero-order valence-corrected chi connectivity index (χ0v) is 20.9. The minimum absolute atomic E-state index is 0.261. The lowest BCUT2D eigenvalue weighted by Crippen LogP contribution is -2.44. The molecule has 2 aromatic carbocycles. The van der Waals surface area contributed by atoms with Gasteiger partial charge < -0.3 is 9.84 Å². The first-order valence-electron chi connectivity index (χ1n) is 12.2. The van der Waals surface area contributed by atoms with Crippen molar-refractivity contribution in [1.29, 1.82) is 0 Å². The number of ether oxygens (including phenoxy) is 1. The van der Waals surface area contributed by atoms with Gasteiger partial charge in [-0.15, -0.1) is 0 Å². The van der Waals surface area contributed by atoms with Crippen LogP contribution in [0.3, 0.4) is 0 Å². The number of hydrogen-bond donors (Lipinski definition) is 1. The number of carboxylic acid groups (broad SMARTS) is 1. The van der Waals surface area contributed by atoms with Gasteiger partial charge >= 0.3 is 5.97 Å². The molecule has 0 spiro atoms. The predicted molar refractivity (Wildman–Crippen MR) is 135 cm³/mol. The van der Waals surface area contributed by atoms with Crippen LogP contribution in [0.2, 0.25) is 0 Å². The summed E-state index contributed by atoms with van der Waals surface area (Å²) in [6.45, 7) is 3.32. The van der Waals surface area contributed by atoms with Gasteiger partial charge in [-0.2, -0.15) is 0 Å². The summed E-state index contributed by atoms with van der Waals surface area (Å²) in [5.41, 5.74) is 1.94. The minimum Gasteiger partial charge on any atom is -0.497 e. The standard InChI is InChI=1S/C29H29F3N2O3/c1-19-18-33-26-8-7-22(37-2)17-24(26)23(19)6-3-9-29(28(35)36)10-13-34(14-11-29)12-4-5-20-15-21(30)16-25(31)27(20)32/h7-8,15-18H,3,6,9-14H2,1-2H3,(H,35,36). The zero-order valence-electron chi connectivity index (χ0n) is 20.9. The largest absolute Gasteiger partial charge is 0.497 e. The van der Waals surface area contributed by atoms with E-state index in [-0.39, 0.29) is 12.1 Å². The van der Waals surface area contributed by atoms with Gasteiger partial charge in [0.15, 0.2) is 11.6 Å². The number of aryl methyl sites for hydroxylation is 2. The number of piperidine rings is 1. The lowest BCUT2D eigenvalue weighted by atomic mass is 9.74. The number of aliphatic carboxylic acids is 1. The van der Waals surface area contributed by atoms with Crippen molar-refractivity contribution >= 4 is 16.9 Å². The Balaban J connectivity index is 1.38. The molecule has 1 saturated heterocycles. The zero-order chi connectivity index (χ0) is 26.6. The Morgan fingerprint density at radius 1 is 1.19 bits per heavy atom. The second-order valence-electron chi connectivity index (χ2n) is 9.57. The van der Waals surface area contributed by atoms with Gasteiger partial charge in [0.05, 0.1) is 30.1 Å². The molecule has 0 amide bonds. The molecular formula is C29H29F3N2O3. The molecule has 4 rings (SSSR count). The van der Waals surface area contributed by atoms with E-state index in [2.05, 4.69) is 16.8 Å². The van der Waals surface area contributed by atoms with E-state index < -0.39 is 28.8 Å². The third-order valence-corrected chi connectivity index (χ3v) is 7.27. The van der Waals surface area contributed by atoms with Crippen molar-refractivity contribution in [1.82, 2.24) is 9.88 Å². The highest BCUT2D eigenvalue weighted by atomic mass is 19.2. The fourth-order valence-corrected chi connectivity index (χ4v) is 4.99. The fraction of sp³-hybridized carbons (Fsp3) is 0.379. The lowest BCUT2D eigenvalue weighted by molar-refractivity contribution is -0.152. The second kappa shape index (κ2) is 11.2. The normalized spacial score (nSPS) is 15.3. The Bertz CT molecular complexity index is 1370. The molecular weight excluding hydrogens is 481 g/mol. The average molecular weight is 511 g/mol. The van der Waals surface area contributed by atoms with E-state index in [1.807, 2.05) is 36.2 Å². The van der Waals surface area contributed by atoms with Gasteiger partial charge in [-0.05, 0) is 74.4 Å². The number of aromatic nitrogens is 1. The van der Waals surface area contributed by atoms with Gasteiger partial charge in [0.25, 0.3) is 0 Å². The minimum atomic E-state index is -1.28. The third kappa shape index (κ3) is 5.89. The summed E-state index contributed by atoms with van der Waals surface area (Å²) in [7, 11) is 1.62. The van der Waals surface area contributed by atoms with Crippen LogP contribution >= 0.6 is 0 Å². The molecule has 0 radical (unpaired) electrons. The molecule has 0 atom stereocenters. The van der Waals surface area contributed by atoms with Crippen molar-refractivity contribution in [2.24, 2.45) is 5.41 Å². The molecule has 0 unspecified atom stereocenters. The topological polar surface area (TPSA) is 62.7 Å². The predicted octanol–water partition coefficient (Wildman–Crippen LogP) is 5.51. The number of fused-ring (bicyclic) bond motifs is 1. The number of carbonyl (C=O) groups is 1. The molecule has 0 bridgehead atoms. The molecule has 0 saturated carbocycles. The summed E-state index contributed by atoms with van der Waals surface area (Å²) in [6, 6.07) is 7.11. The highest BCUT2D eigenvalue weighted by Gasteiger charge is 2.40. The van der Waals surface area contributed by atoms with Crippen molar-refractivity contribution < 1.29 is 27.8 Å². The number of likely N-dealkylation sites (tertiary alicyclic amines) is 1. The van der Waals surface area contributed by atoms with Crippen LogP contribution in [0, 0.1) is 41.6 Å². The van der Waals surface area contributed by atoms with Crippen molar-refractivity contribution in [3.8, 4) is 17.6 Å². The van der Waals surface area contributed by atoms with Gasteiger partial charge in [-0.1, -0.05) is 11.8 Å². The molecule has 1 aliphatic heterocycles. The first kappa shape index (κ1) is 26.5. The van der Waals surface area contributed by atoms with Crippen LogP contribution in [0.4, 0.5) is 13.2 Å². The molecule has 2 heterocycles. The van der Waals surface area contributed by atoms with Crippen LogP contribution in [-0.4, -0.2) is 47.7 Å². The summed E-state index contributed by atoms with van der Waals surface area (Å²) in [5, 5.41) is 11.1. The van der Waals surface area contributed by atoms with Gasteiger partial charge in [0.1, 0.15) is 11.6 Å². The molecule has 3 aromatic rings. The van der Waals surface area contributed by atoms with E-state index in [1.165, 1.54) is 0 Å². The number of benzene rings is 2. The number of carboxylic acids is 1. The number of pyridine rings is 1. The Hall–Kier alpha value is -3.57. The number of halogens is 3. The quantitative estimate of drug-likeness (QED) is 0.336. The summed E-state index contributed by atoms with van der Waals surface area (Å²) in [5.74, 6) is 1.87. The maximum Gasteiger partial charge on any atom is 0.309 e. The Labute approximate surface area is 214 Å². The number of hydrogen-bond acceptors (Lipinski definition) is 4. The molecule has 1 aliphatic rings. The van der Waals surface area contributed by atoms with Crippen LogP contribution < -0.4 is 4.74 Å². The number of nitrogens with zero attached hydrogens (tertiary/aromatic N) is 2. The van der Waals surface area contributed by atoms with Gasteiger partial charge in [0.2, 0.25) is 0 Å². The van der Waals surface area contributed by atoms with Crippen LogP contribution in [0.5, 0.6) is 5.75 Å². The second-order valence-corrected chi connectivity index (χ2v) is 9.57. The maximum atomic E-state index is 13.8. The van der Waals surface area contributed by atoms with Crippen LogP contribution in [0.25, 0.3) is 10.9 Å². The van der Waals surface area contributed by atoms with E-state index in [1.54, 1.807) is 7.11 Å². The van der Waals surface area contributed by atoms with Crippen LogP contribution in [0.15, 0.2) is 36.5 Å². The van der Waals surface area contributed by atoms with Gasteiger partial charge in [0, 0.05) is 30.7 Å². The van der Waals surface area contributed by atoms with E-state index >= 15 is 0 Å². The molecule has 1 fully saturated rings. The Morgan fingerprint density at radius 3 is 2.65 bits per heavy atom. The van der Waals surface area contributed by atoms with Crippen molar-refractivity contribution in [2.45, 2.75) is 39.0 Å². The van der Waals surface area contributed by atoms with Gasteiger partial charge in [-0.3, -0.25) is 14.7 Å². The summed E-state index contributed by atoms with van der Waals surface area (Å²) >= 11 is 0. The number of methoxy groups -OCH3 is 1. The lowest BCUT2D eigenvalue weighted by Gasteiger charge is -2.38. The Kier molecular flexibility index (Phi) is 8.03. The summed E-state index contributed by atoms with van der Waals surface area (Å²) in [4.78, 5) is 18.8. The molecule has 1 aromatic heterocycles. The average Bonchev–Trinajstić information content (AvgIpc) is 2.88. The first-order chi connectivity index (χ1) is 17.7. The first-order valence-corrected chi connectivity index (χ1v) is 12.2. The molecule has 194 valence electrons. The van der Waals surface area contributed by atoms with Crippen LogP contribution in [-0.2, 0) is 11.2 Å². The molecule has 1 N–H and O–H groups in total. The van der Waals surface area contributed by atoms with E-state index in [9.17, 15) is 23.1 Å². The highest BCUT2D eigenvalue weighted by Crippen LogP contribution is 2.37. The van der Waals surface area contributed by atoms with Crippen molar-refractivity contribution in [3.05, 3.63) is 70.7 Å². The van der Waals surface area contributed by atoms with Crippen molar-refractivity contribution in [3.63, 3.8) is 0 Å². The summed E-state index contributed by atoms with van der Waals surface area (Å²) < 4.78 is 45.9. The summed E-state index contributed by atoms with van der Waals surface area (Å²) in [6.07, 6.45) is 4.78. The smallest absolute Gasteiger partial charge is 0.309 e. The van der Waals surface area contributed by atoms with E-state index in [0.29, 0.717) is 44.8 Å². The maximum absolute atomic E-state index is 13.8. The fourth-order valence-electron chi connectivity index (χ4n) is 4.99. The monoisotopic (exact) mass is 510 g/mol. The van der Waals surface area contributed by atoms with E-state index in [4.69, 9.17) is 4.74 Å². The van der Waals surface area contributed by atoms with Crippen molar-refractivity contribution in [2.75, 3.05) is 26.7 Å². The highest BCUT2D eigenvalue weighted by molar-refractivity contribution is 5.84. The SMILES string of the molecule is COc1ccc2ncc(C)c(CCCC3(C(=O)O)CCN(CC#Cc4cc(F)cc(F)c4F)CC3)c2c1. The van der Waals surface area contributed by atoms with E-state index in [0.717, 1.165) is 40.3 Å². The molecule has 8 heteroatoms. The van der Waals surface area contributed by atoms with Crippen LogP contribution in [0.1, 0.15) is 42.4 Å². The molecule has 37 heavy (non-hydrogen) atoms. The van der Waals surface area contributed by atoms with Gasteiger partial charge in [-0.25, -0.2) is 13.2 Å². The Morgan fingerprint density at radius 2 is 1.95 bits per heavy atom.